The number of carboxylic acid groups (broad SMARTS) is 2. The standard InChI is InChI=1S/C78H130N24O22/c1-39(2)34-44(79)62(109)91-48(24-26-60(106)107)66(113)96-51(37-59(81)105)73(120)99-30-12-20-55(99)70(117)97-52(38-103)74(121)100-31-13-19-54(100)69(116)93-47(23-25-58(80)104)63(110)89-43(8)71(118)98-29-11-18-53(98)68(115)88-42(7)61(108)90-45(16-9-27-86-77(82)83)64(111)92-46(17-10-28-87-78(84)85)65(112)94-49(35-40(3)4)67(114)95-50(36-41(5)6)72(119)101-32-14-21-56(101)75(122)102-33-15-22-57(102)76(123)124/h39-57,103H,9-38,79H2,1-8H3,(H2,80,104)(H2,81,105)(H,88,115)(H,89,110)(H,90,108)(H,91,109)(H,92,111)(H,93,116)(H,94,112)(H,95,114)(H,96,113)(H,97,117)(H,106,107)(H,123,124)(H4,82,83,86)(H4,84,85,87)/t42-,43-,44-,45-,46-,47-,48-,49-,50-,51-,52-,53-,54-,55-,56-,57-/m0/s1. The number of aliphatic imine (C=N–C) groups is 2. The molecule has 5 rings (SSSR count). The summed E-state index contributed by atoms with van der Waals surface area (Å²) in [5.74, 6) is -18.3. The maximum atomic E-state index is 14.6. The fourth-order valence-corrected chi connectivity index (χ4v) is 15.7. The minimum Gasteiger partial charge on any atom is -0.481 e. The largest absolute Gasteiger partial charge is 0.481 e. The van der Waals surface area contributed by atoms with Crippen molar-refractivity contribution in [2.45, 2.75) is 293 Å². The number of nitrogens with two attached hydrogens (primary N) is 7. The SMILES string of the molecule is CC(C)C[C@H](NC(=O)[C@H](CCCN=C(N)N)NC(=O)[C@H](CCCN=C(N)N)NC(=O)[C@H](C)NC(=O)[C@@H]1CCCN1C(=O)[C@H](C)NC(=O)[C@H](CCC(N)=O)NC(=O)[C@@H]1CCCN1C(=O)[C@H](CO)NC(=O)[C@@H]1CCCN1C(=O)[C@H](CC(N)=O)NC(=O)[C@H](CCC(=O)O)NC(=O)[C@@H](N)CC(C)C)C(=O)N[C@@H](CC(C)C)C(=O)N1CCC[C@H]1C(=O)N1CCC[C@H]1C(=O)O. The van der Waals surface area contributed by atoms with Crippen LogP contribution in [0.2, 0.25) is 0 Å². The van der Waals surface area contributed by atoms with E-state index in [0.29, 0.717) is 12.8 Å². The van der Waals surface area contributed by atoms with E-state index in [-0.39, 0.29) is 172 Å². The number of amides is 17. The fourth-order valence-electron chi connectivity index (χ4n) is 15.7. The van der Waals surface area contributed by atoms with Gasteiger partial charge in [-0.15, -0.1) is 0 Å². The summed E-state index contributed by atoms with van der Waals surface area (Å²) in [5, 5.41) is 55.5. The van der Waals surface area contributed by atoms with E-state index in [0.717, 1.165) is 14.7 Å². The third kappa shape index (κ3) is 31.6. The number of rotatable bonds is 49. The van der Waals surface area contributed by atoms with Gasteiger partial charge >= 0.3 is 11.9 Å². The molecule has 5 saturated heterocycles. The number of aliphatic hydroxyl groups excluding tert-OH is 1. The molecule has 0 spiro atoms. The minimum atomic E-state index is -1.75. The van der Waals surface area contributed by atoms with Crippen molar-refractivity contribution in [3.8, 4) is 0 Å². The fraction of sp³-hybridized carbons (Fsp3) is 0.731. The second-order valence-corrected chi connectivity index (χ2v) is 33.4. The predicted molar refractivity (Wildman–Crippen MR) is 444 cm³/mol. The monoisotopic (exact) mass is 1750 g/mol. The van der Waals surface area contributed by atoms with Gasteiger partial charge in [-0.1, -0.05) is 41.5 Å². The first kappa shape index (κ1) is 103. The molecule has 0 aliphatic carbocycles. The van der Waals surface area contributed by atoms with Gasteiger partial charge < -0.3 is 133 Å². The molecule has 0 aromatic rings. The van der Waals surface area contributed by atoms with Gasteiger partial charge in [0.05, 0.1) is 19.1 Å². The summed E-state index contributed by atoms with van der Waals surface area (Å²) in [5.41, 5.74) is 39.3. The first-order valence-corrected chi connectivity index (χ1v) is 42.4. The first-order chi connectivity index (χ1) is 58.3. The van der Waals surface area contributed by atoms with Crippen LogP contribution in [0.25, 0.3) is 0 Å². The zero-order chi connectivity index (χ0) is 92.7. The van der Waals surface area contributed by atoms with E-state index < -0.39 is 248 Å². The van der Waals surface area contributed by atoms with Crippen molar-refractivity contribution >= 4 is 124 Å². The van der Waals surface area contributed by atoms with Crippen LogP contribution in [0.5, 0.6) is 0 Å². The molecule has 0 radical (unpaired) electrons. The number of primary amides is 2. The summed E-state index contributed by atoms with van der Waals surface area (Å²) in [6.45, 7) is 12.4. The lowest BCUT2D eigenvalue weighted by molar-refractivity contribution is -0.152. The van der Waals surface area contributed by atoms with Gasteiger partial charge in [-0.2, -0.15) is 0 Å². The van der Waals surface area contributed by atoms with Gasteiger partial charge in [0.25, 0.3) is 0 Å². The molecule has 694 valence electrons. The number of hydrogen-bond acceptors (Lipinski definition) is 23. The van der Waals surface area contributed by atoms with Gasteiger partial charge in [-0.3, -0.25) is 96.3 Å². The molecule has 46 heteroatoms. The molecule has 0 aromatic carbocycles. The van der Waals surface area contributed by atoms with Gasteiger partial charge in [-0.05, 0) is 154 Å². The maximum absolute atomic E-state index is 14.6. The van der Waals surface area contributed by atoms with E-state index >= 15 is 0 Å². The number of nitrogens with zero attached hydrogens (tertiary/aromatic N) is 7. The number of aliphatic hydroxyl groups is 1. The zero-order valence-electron chi connectivity index (χ0n) is 72.0. The number of hydrogen-bond donors (Lipinski definition) is 20. The number of carbonyl (C=O) groups is 19. The Hall–Kier alpha value is -11.6. The van der Waals surface area contributed by atoms with Crippen LogP contribution in [-0.2, 0) is 91.1 Å². The van der Waals surface area contributed by atoms with Crippen LogP contribution in [-0.4, -0.2) is 313 Å². The molecule has 17 amide bonds. The molecule has 5 aliphatic heterocycles. The van der Waals surface area contributed by atoms with E-state index in [1.807, 2.05) is 13.8 Å². The Morgan fingerprint density at radius 3 is 1.17 bits per heavy atom. The van der Waals surface area contributed by atoms with Gasteiger partial charge in [0.1, 0.15) is 90.6 Å². The molecular weight excluding hydrogens is 1630 g/mol. The average molecular weight is 1760 g/mol. The molecule has 0 saturated carbocycles. The predicted octanol–water partition coefficient (Wildman–Crippen LogP) is -7.52. The van der Waals surface area contributed by atoms with Crippen molar-refractivity contribution in [2.24, 2.45) is 67.9 Å². The van der Waals surface area contributed by atoms with E-state index in [1.165, 1.54) is 23.6 Å². The molecule has 0 unspecified atom stereocenters. The van der Waals surface area contributed by atoms with Crippen LogP contribution in [0.3, 0.4) is 0 Å². The minimum absolute atomic E-state index is 0.0156. The summed E-state index contributed by atoms with van der Waals surface area (Å²) in [6, 6.07) is -22.0. The molecule has 46 nitrogen and oxygen atoms in total. The average Bonchev–Trinajstić information content (AvgIpc) is 1.65. The van der Waals surface area contributed by atoms with Crippen molar-refractivity contribution < 1.29 is 106 Å². The summed E-state index contributed by atoms with van der Waals surface area (Å²) >= 11 is 0. The molecular formula is C78H130N24O22. The quantitative estimate of drug-likeness (QED) is 0.0153. The normalized spacial score (nSPS) is 20.1. The van der Waals surface area contributed by atoms with Crippen LogP contribution in [0, 0.1) is 17.8 Å². The van der Waals surface area contributed by atoms with Gasteiger partial charge in [-0.25, -0.2) is 4.79 Å². The molecule has 5 aliphatic rings. The van der Waals surface area contributed by atoms with Crippen LogP contribution >= 0.6 is 0 Å². The summed E-state index contributed by atoms with van der Waals surface area (Å²) in [6.07, 6.45) is -0.440. The molecule has 124 heavy (non-hydrogen) atoms. The van der Waals surface area contributed by atoms with Crippen LogP contribution in [0.1, 0.15) is 197 Å². The van der Waals surface area contributed by atoms with Crippen molar-refractivity contribution in [1.82, 2.24) is 77.7 Å². The Morgan fingerprint density at radius 2 is 0.710 bits per heavy atom. The Kier molecular flexibility index (Phi) is 41.2. The van der Waals surface area contributed by atoms with Crippen molar-refractivity contribution in [3.63, 3.8) is 0 Å². The van der Waals surface area contributed by atoms with E-state index in [4.69, 9.17) is 40.1 Å². The highest BCUT2D eigenvalue weighted by Gasteiger charge is 2.47. The van der Waals surface area contributed by atoms with E-state index in [1.54, 1.807) is 27.7 Å². The molecule has 16 atom stereocenters. The van der Waals surface area contributed by atoms with Crippen LogP contribution in [0.4, 0.5) is 0 Å². The highest BCUT2D eigenvalue weighted by atomic mass is 16.4. The Balaban J connectivity index is 1.25. The number of nitrogens with one attached hydrogen (secondary N) is 10. The van der Waals surface area contributed by atoms with Crippen molar-refractivity contribution in [2.75, 3.05) is 52.4 Å². The maximum Gasteiger partial charge on any atom is 0.326 e. The van der Waals surface area contributed by atoms with Crippen molar-refractivity contribution in [3.05, 3.63) is 0 Å². The molecule has 0 bridgehead atoms. The number of guanidine groups is 2. The second kappa shape index (κ2) is 49.6. The van der Waals surface area contributed by atoms with Crippen LogP contribution < -0.4 is 93.3 Å². The Morgan fingerprint density at radius 1 is 0.355 bits per heavy atom. The highest BCUT2D eigenvalue weighted by Crippen LogP contribution is 2.29. The lowest BCUT2D eigenvalue weighted by Crippen LogP contribution is -2.61. The highest BCUT2D eigenvalue weighted by molar-refractivity contribution is 6.02. The zero-order valence-corrected chi connectivity index (χ0v) is 72.0. The van der Waals surface area contributed by atoms with Crippen LogP contribution in [0.15, 0.2) is 9.98 Å². The number of aliphatic carboxylic acids is 2. The van der Waals surface area contributed by atoms with E-state index in [9.17, 15) is 106 Å². The molecule has 0 aromatic heterocycles. The third-order valence-corrected chi connectivity index (χ3v) is 21.9. The lowest BCUT2D eigenvalue weighted by Gasteiger charge is -2.33. The van der Waals surface area contributed by atoms with Crippen molar-refractivity contribution in [1.29, 1.82) is 0 Å². The summed E-state index contributed by atoms with van der Waals surface area (Å²) in [4.78, 5) is 275. The first-order valence-electron chi connectivity index (χ1n) is 42.4. The van der Waals surface area contributed by atoms with Gasteiger partial charge in [0.15, 0.2) is 11.9 Å². The summed E-state index contributed by atoms with van der Waals surface area (Å²) in [7, 11) is 0. The molecule has 27 N–H and O–H groups in total. The molecule has 5 heterocycles. The third-order valence-electron chi connectivity index (χ3n) is 21.9. The second-order valence-electron chi connectivity index (χ2n) is 33.4. The van der Waals surface area contributed by atoms with Gasteiger partial charge in [0, 0.05) is 58.7 Å². The lowest BCUT2D eigenvalue weighted by atomic mass is 9.99. The Labute approximate surface area is 719 Å². The smallest absolute Gasteiger partial charge is 0.326 e. The Bertz CT molecular complexity index is 3890. The number of likely N-dealkylation sites (tertiary alicyclic amines) is 5. The van der Waals surface area contributed by atoms with Gasteiger partial charge in [0.2, 0.25) is 100 Å². The number of carbonyl (C=O) groups excluding carboxylic acids is 17. The van der Waals surface area contributed by atoms with E-state index in [2.05, 4.69) is 63.2 Å². The number of carboxylic acids is 2. The molecule has 5 fully saturated rings. The summed E-state index contributed by atoms with van der Waals surface area (Å²) < 4.78 is 0. The topological polar surface area (TPSA) is 728 Å².